The van der Waals surface area contributed by atoms with Crippen LogP contribution in [-0.2, 0) is 30.6 Å². The summed E-state index contributed by atoms with van der Waals surface area (Å²) in [6.45, 7) is 1.31. The second-order valence-electron chi connectivity index (χ2n) is 27.7. The molecule has 0 spiro atoms. The SMILES string of the molecule is COc1ccc(-c2ccc(Oc3ccc(S(=O)(=O)c4ccc(Oc5ccc(-c6ccc(Oc7c(F)c(F)c(-c8c(F)c(F)c(C)c(F)c8F)c(F)c7F)cc6)cc5)cc4)cc3S(=O)(=O)O)cc2)cc1.COc1ccc(-c2ccc(Oc3cccc(Oc4ccc(-c5ccc(Oc6c(F)c(F)c(-c7c(F)c(F)c(C)c(F)c7F)c(F)c6F)cc5)cc4)c3C#N)cc2)cc1.O=S(=O)=O. The fourth-order valence-corrected chi connectivity index (χ4v) is 14.9. The zero-order chi connectivity index (χ0) is 94.4. The Bertz CT molecular complexity index is 7220. The predicted octanol–water partition coefficient (Wildman–Crippen LogP) is 25.9. The molecular weight excluding hydrogens is 1810 g/mol. The van der Waals surface area contributed by atoms with E-state index in [1.54, 1.807) is 129 Å². The Morgan fingerprint density at radius 3 is 0.756 bits per heavy atom. The van der Waals surface area contributed by atoms with Crippen molar-refractivity contribution in [3.05, 3.63) is 365 Å². The van der Waals surface area contributed by atoms with Crippen molar-refractivity contribution in [2.45, 2.75) is 28.5 Å². The number of hydrogen-bond acceptors (Lipinski definition) is 16. The molecule has 0 aliphatic heterocycles. The summed E-state index contributed by atoms with van der Waals surface area (Å²) >= 11 is 0. The van der Waals surface area contributed by atoms with Gasteiger partial charge in [0.25, 0.3) is 10.1 Å². The number of hydrogen-bond donors (Lipinski definition) is 1. The van der Waals surface area contributed by atoms with Gasteiger partial charge in [0.1, 0.15) is 85.5 Å². The predicted molar refractivity (Wildman–Crippen MR) is 443 cm³/mol. The van der Waals surface area contributed by atoms with E-state index in [2.05, 4.69) is 6.07 Å². The first kappa shape index (κ1) is 93.2. The molecule has 15 rings (SSSR count). The van der Waals surface area contributed by atoms with Gasteiger partial charge in [0.2, 0.25) is 44.6 Å². The van der Waals surface area contributed by atoms with E-state index < -0.39 is 178 Å². The summed E-state index contributed by atoms with van der Waals surface area (Å²) in [6, 6.07) is 67.6. The molecule has 36 heteroatoms. The highest BCUT2D eigenvalue weighted by atomic mass is 32.2. The van der Waals surface area contributed by atoms with Crippen molar-refractivity contribution in [1.29, 1.82) is 5.26 Å². The molecule has 0 amide bonds. The number of methoxy groups -OCH3 is 2. The lowest BCUT2D eigenvalue weighted by atomic mass is 9.99. The molecule has 666 valence electrons. The molecule has 1 N–H and O–H groups in total. The lowest BCUT2D eigenvalue weighted by Gasteiger charge is -2.15. The summed E-state index contributed by atoms with van der Waals surface area (Å²) < 4.78 is 367. The molecule has 0 radical (unpaired) electrons. The van der Waals surface area contributed by atoms with Gasteiger partial charge in [-0.2, -0.15) is 31.2 Å². The topological polar surface area (TPSA) is 237 Å². The minimum absolute atomic E-state index is 0.154. The monoisotopic (exact) mass is 1870 g/mol. The first-order chi connectivity index (χ1) is 62.4. The van der Waals surface area contributed by atoms with Crippen LogP contribution in [0.1, 0.15) is 16.7 Å². The van der Waals surface area contributed by atoms with Gasteiger partial charge in [0, 0.05) is 11.1 Å². The zero-order valence-electron chi connectivity index (χ0n) is 67.0. The van der Waals surface area contributed by atoms with Crippen LogP contribution in [-0.4, -0.2) is 48.2 Å². The Morgan fingerprint density at radius 1 is 0.282 bits per heavy atom. The average molecular weight is 1870 g/mol. The number of sulfone groups is 1. The maximum absolute atomic E-state index is 15.1. The molecule has 0 aromatic heterocycles. The molecule has 17 nitrogen and oxygen atoms in total. The smallest absolute Gasteiger partial charge is 0.425 e. The van der Waals surface area contributed by atoms with Crippen LogP contribution < -0.4 is 37.9 Å². The zero-order valence-corrected chi connectivity index (χ0v) is 69.5. The van der Waals surface area contributed by atoms with E-state index in [1.165, 1.54) is 72.8 Å². The standard InChI is InChI=1S/C50H30F8O9S2.C45H25F8NO4.O3S/c1-26-42(51)44(53)40(45(54)43(26)52)41-46(55)48(57)50(49(58)47(41)56)67-35-17-9-30(10-18-35)28-5-13-32(14-6-28)65-33-19-21-36(22-20-33)68(59,60)37-23-24-38(39(25-37)69(61,62)63)66-34-15-7-29(8-16-34)27-3-11-31(64-2)12-4-27;1-23-37(46)39(48)35(40(49)38(23)47)36-41(50)43(52)45(44(53)42(36)51)58-31-20-12-27(13-21-31)26-10-18-30(19-11-26)57-34-5-3-4-33(32(34)22-54)56-29-16-8-25(9-17-29)24-6-14-28(55-2)15-7-24;1-4(2)3/h3-25H,1-2H3,(H,61,62,63);3-21H,1-2H3;. The Labute approximate surface area is 734 Å². The summed E-state index contributed by atoms with van der Waals surface area (Å²) in [6.07, 6.45) is 0. The maximum atomic E-state index is 15.1. The quantitative estimate of drug-likeness (QED) is 0.0356. The van der Waals surface area contributed by atoms with Crippen molar-refractivity contribution in [2.75, 3.05) is 14.2 Å². The second-order valence-corrected chi connectivity index (χ2v) is 31.4. The Morgan fingerprint density at radius 2 is 0.504 bits per heavy atom. The first-order valence-corrected chi connectivity index (χ1v) is 41.4. The number of ether oxygens (including phenoxy) is 8. The Hall–Kier alpha value is -15.5. The van der Waals surface area contributed by atoms with Crippen LogP contribution in [0.4, 0.5) is 70.2 Å². The molecule has 0 saturated heterocycles. The lowest BCUT2D eigenvalue weighted by molar-refractivity contribution is 0.366. The Balaban J connectivity index is 0.000000217. The third-order valence-corrected chi connectivity index (χ3v) is 22.3. The van der Waals surface area contributed by atoms with Crippen LogP contribution in [0.15, 0.2) is 269 Å². The van der Waals surface area contributed by atoms with Gasteiger partial charge in [0.15, 0.2) is 69.8 Å². The largest absolute Gasteiger partial charge is 0.497 e. The van der Waals surface area contributed by atoms with Crippen LogP contribution in [0.2, 0.25) is 0 Å². The van der Waals surface area contributed by atoms with Crippen molar-refractivity contribution >= 4 is 30.6 Å². The average Bonchev–Trinajstić information content (AvgIpc) is 0.746. The first-order valence-electron chi connectivity index (χ1n) is 37.5. The summed E-state index contributed by atoms with van der Waals surface area (Å²) in [5.74, 6) is -36.1. The van der Waals surface area contributed by atoms with E-state index in [0.29, 0.717) is 59.1 Å². The summed E-state index contributed by atoms with van der Waals surface area (Å²) in [5.41, 5.74) is -4.20. The van der Waals surface area contributed by atoms with E-state index in [4.69, 9.17) is 50.5 Å². The van der Waals surface area contributed by atoms with Crippen molar-refractivity contribution in [3.8, 4) is 153 Å². The van der Waals surface area contributed by atoms with E-state index >= 15 is 35.1 Å². The van der Waals surface area contributed by atoms with Crippen LogP contribution in [0, 0.1) is 118 Å². The van der Waals surface area contributed by atoms with Crippen molar-refractivity contribution in [3.63, 3.8) is 0 Å². The molecule has 15 aromatic carbocycles. The number of halogens is 16. The molecule has 131 heavy (non-hydrogen) atoms. The number of nitriles is 1. The van der Waals surface area contributed by atoms with Gasteiger partial charge in [0.05, 0.1) is 46.3 Å². The third-order valence-electron chi connectivity index (χ3n) is 19.6. The number of benzene rings is 15. The highest BCUT2D eigenvalue weighted by Gasteiger charge is 2.37. The van der Waals surface area contributed by atoms with Crippen molar-refractivity contribution in [2.24, 2.45) is 0 Å². The van der Waals surface area contributed by atoms with Crippen molar-refractivity contribution in [1.82, 2.24) is 0 Å². The molecular formula is C95H55F16NO16S3. The van der Waals surface area contributed by atoms with E-state index in [-0.39, 0.29) is 50.7 Å². The van der Waals surface area contributed by atoms with Crippen LogP contribution in [0.25, 0.3) is 66.8 Å². The minimum atomic E-state index is -4.98. The molecule has 0 bridgehead atoms. The van der Waals surface area contributed by atoms with Gasteiger partial charge in [-0.3, -0.25) is 4.55 Å². The molecule has 0 heterocycles. The molecule has 0 unspecified atom stereocenters. The van der Waals surface area contributed by atoms with Crippen LogP contribution in [0.5, 0.6) is 80.5 Å². The third kappa shape index (κ3) is 20.0. The van der Waals surface area contributed by atoms with E-state index in [1.807, 2.05) is 48.5 Å². The number of rotatable bonds is 23. The summed E-state index contributed by atoms with van der Waals surface area (Å²) in [5, 5.41) is 10.0. The van der Waals surface area contributed by atoms with Crippen molar-refractivity contribution < 1.29 is 142 Å². The molecule has 0 atom stereocenters. The summed E-state index contributed by atoms with van der Waals surface area (Å²) in [4.78, 5) is -1.47. The minimum Gasteiger partial charge on any atom is -0.497 e. The fourth-order valence-electron chi connectivity index (χ4n) is 12.9. The second kappa shape index (κ2) is 39.0. The van der Waals surface area contributed by atoms with E-state index in [0.717, 1.165) is 46.2 Å². The fraction of sp³-hybridized carbons (Fsp3) is 0.0421. The number of nitrogens with zero attached hydrogens (tertiary/aromatic N) is 1. The van der Waals surface area contributed by atoms with Gasteiger partial charge in [-0.15, -0.1) is 12.6 Å². The maximum Gasteiger partial charge on any atom is 0.425 e. The van der Waals surface area contributed by atoms with Crippen LogP contribution >= 0.6 is 0 Å². The molecule has 15 aromatic rings. The van der Waals surface area contributed by atoms with Gasteiger partial charge in [-0.25, -0.2) is 61.1 Å². The lowest BCUT2D eigenvalue weighted by Crippen LogP contribution is -2.09. The van der Waals surface area contributed by atoms with Gasteiger partial charge in [-0.05, 0) is 210 Å². The highest BCUT2D eigenvalue weighted by Crippen LogP contribution is 2.46. The molecule has 0 fully saturated rings. The normalized spacial score (nSPS) is 11.1. The summed E-state index contributed by atoms with van der Waals surface area (Å²) in [7, 11) is -9.29. The van der Waals surface area contributed by atoms with Gasteiger partial charge < -0.3 is 37.9 Å². The highest BCUT2D eigenvalue weighted by molar-refractivity contribution is 7.91. The van der Waals surface area contributed by atoms with Crippen LogP contribution in [0.3, 0.4) is 0 Å². The molecule has 0 aliphatic carbocycles. The van der Waals surface area contributed by atoms with Gasteiger partial charge in [-0.1, -0.05) is 103 Å². The van der Waals surface area contributed by atoms with E-state index in [9.17, 15) is 61.8 Å². The van der Waals surface area contributed by atoms with Gasteiger partial charge >= 0.3 is 10.6 Å². The molecule has 0 aliphatic rings. The Kier molecular flexibility index (Phi) is 27.8. The molecule has 0 saturated carbocycles.